The number of hydrogen-bond donors (Lipinski definition) is 4. The Hall–Kier alpha value is -3.35. The monoisotopic (exact) mass is 381 g/mol. The highest BCUT2D eigenvalue weighted by Crippen LogP contribution is 2.26. The van der Waals surface area contributed by atoms with Gasteiger partial charge in [0.2, 0.25) is 0 Å². The molecular formula is C21H23N3O4. The van der Waals surface area contributed by atoms with Gasteiger partial charge in [0.15, 0.2) is 5.54 Å². The molecule has 2 aromatic rings. The van der Waals surface area contributed by atoms with Gasteiger partial charge in [0, 0.05) is 17.3 Å². The molecule has 4 N–H and O–H groups in total. The molecule has 0 bridgehead atoms. The molecule has 0 saturated heterocycles. The molecule has 1 aliphatic rings. The van der Waals surface area contributed by atoms with E-state index in [0.717, 1.165) is 12.8 Å². The van der Waals surface area contributed by atoms with E-state index >= 15 is 0 Å². The summed E-state index contributed by atoms with van der Waals surface area (Å²) in [6.07, 6.45) is 2.13. The molecule has 1 aliphatic carbocycles. The van der Waals surface area contributed by atoms with E-state index in [1.165, 1.54) is 6.07 Å². The van der Waals surface area contributed by atoms with Crippen molar-refractivity contribution in [1.29, 1.82) is 0 Å². The normalized spacial score (nSPS) is 15.2. The second kappa shape index (κ2) is 8.12. The Morgan fingerprint density at radius 3 is 2.39 bits per heavy atom. The molecule has 3 rings (SSSR count). The van der Waals surface area contributed by atoms with E-state index in [2.05, 4.69) is 16.0 Å². The number of anilines is 1. The Labute approximate surface area is 163 Å². The maximum atomic E-state index is 12.8. The molecule has 0 radical (unpaired) electrons. The van der Waals surface area contributed by atoms with Crippen molar-refractivity contribution in [3.8, 4) is 0 Å². The summed E-state index contributed by atoms with van der Waals surface area (Å²) in [6.45, 7) is 1.71. The number of carboxylic acid groups (broad SMARTS) is 1. The number of carbonyl (C=O) groups excluding carboxylic acids is 2. The highest BCUT2D eigenvalue weighted by Gasteiger charge is 2.40. The zero-order chi connectivity index (χ0) is 20.1. The predicted molar refractivity (Wildman–Crippen MR) is 105 cm³/mol. The molecule has 28 heavy (non-hydrogen) atoms. The minimum absolute atomic E-state index is 0.180. The lowest BCUT2D eigenvalue weighted by atomic mass is 9.87. The topological polar surface area (TPSA) is 108 Å². The smallest absolute Gasteiger partial charge is 0.334 e. The van der Waals surface area contributed by atoms with Crippen molar-refractivity contribution in [2.75, 3.05) is 5.32 Å². The van der Waals surface area contributed by atoms with Gasteiger partial charge in [0.25, 0.3) is 5.91 Å². The van der Waals surface area contributed by atoms with E-state index < -0.39 is 17.4 Å². The third kappa shape index (κ3) is 4.31. The molecule has 0 aliphatic heterocycles. The van der Waals surface area contributed by atoms with Gasteiger partial charge in [-0.3, -0.25) is 4.79 Å². The van der Waals surface area contributed by atoms with Gasteiger partial charge in [0.05, 0.1) is 0 Å². The molecule has 1 atom stereocenters. The van der Waals surface area contributed by atoms with Crippen LogP contribution in [-0.4, -0.2) is 29.1 Å². The van der Waals surface area contributed by atoms with Crippen LogP contribution in [0.5, 0.6) is 0 Å². The first-order valence-corrected chi connectivity index (χ1v) is 9.23. The van der Waals surface area contributed by atoms with Crippen molar-refractivity contribution in [3.63, 3.8) is 0 Å². The summed E-state index contributed by atoms with van der Waals surface area (Å²) in [6, 6.07) is 14.9. The fourth-order valence-corrected chi connectivity index (χ4v) is 3.00. The van der Waals surface area contributed by atoms with Crippen molar-refractivity contribution >= 4 is 23.6 Å². The number of rotatable bonds is 7. The Morgan fingerprint density at radius 1 is 1.07 bits per heavy atom. The third-order valence-corrected chi connectivity index (χ3v) is 4.78. The SMILES string of the molecule is CCC(NC(=O)c1cccc(NC(=O)NC2CC2)c1)(C(=O)O)c1ccccc1. The summed E-state index contributed by atoms with van der Waals surface area (Å²) in [7, 11) is 0. The number of carboxylic acids is 1. The number of aliphatic carboxylic acids is 1. The molecule has 0 heterocycles. The van der Waals surface area contributed by atoms with Crippen molar-refractivity contribution < 1.29 is 19.5 Å². The molecule has 1 fully saturated rings. The van der Waals surface area contributed by atoms with E-state index in [9.17, 15) is 19.5 Å². The maximum absolute atomic E-state index is 12.8. The van der Waals surface area contributed by atoms with E-state index in [0.29, 0.717) is 11.3 Å². The van der Waals surface area contributed by atoms with Gasteiger partial charge in [-0.2, -0.15) is 0 Å². The standard InChI is InChI=1S/C21H23N3O4/c1-2-21(19(26)27,15-8-4-3-5-9-15)24-18(25)14-7-6-10-17(13-14)23-20(28)22-16-11-12-16/h3-10,13,16H,2,11-12H2,1H3,(H,24,25)(H,26,27)(H2,22,23,28). The number of amides is 3. The van der Waals surface area contributed by atoms with Crippen LogP contribution in [0.2, 0.25) is 0 Å². The zero-order valence-corrected chi connectivity index (χ0v) is 15.6. The molecule has 3 amide bonds. The Kier molecular flexibility index (Phi) is 5.63. The van der Waals surface area contributed by atoms with Gasteiger partial charge in [-0.05, 0) is 43.0 Å². The summed E-state index contributed by atoms with van der Waals surface area (Å²) < 4.78 is 0. The first-order chi connectivity index (χ1) is 13.4. The number of urea groups is 1. The fraction of sp³-hybridized carbons (Fsp3) is 0.286. The van der Waals surface area contributed by atoms with E-state index in [4.69, 9.17) is 0 Å². The van der Waals surface area contributed by atoms with Crippen molar-refractivity contribution in [1.82, 2.24) is 10.6 Å². The third-order valence-electron chi connectivity index (χ3n) is 4.78. The lowest BCUT2D eigenvalue weighted by Crippen LogP contribution is -2.51. The van der Waals surface area contributed by atoms with Gasteiger partial charge in [-0.15, -0.1) is 0 Å². The van der Waals surface area contributed by atoms with Crippen LogP contribution < -0.4 is 16.0 Å². The maximum Gasteiger partial charge on any atom is 0.334 e. The lowest BCUT2D eigenvalue weighted by molar-refractivity contribution is -0.145. The van der Waals surface area contributed by atoms with Crippen molar-refractivity contribution in [3.05, 3.63) is 65.7 Å². The quantitative estimate of drug-likeness (QED) is 0.591. The van der Waals surface area contributed by atoms with Crippen LogP contribution in [0.1, 0.15) is 42.1 Å². The molecule has 1 unspecified atom stereocenters. The molecule has 7 nitrogen and oxygen atoms in total. The summed E-state index contributed by atoms with van der Waals surface area (Å²) in [4.78, 5) is 36.8. The van der Waals surface area contributed by atoms with E-state index in [-0.39, 0.29) is 24.1 Å². The van der Waals surface area contributed by atoms with Gasteiger partial charge >= 0.3 is 12.0 Å². The second-order valence-corrected chi connectivity index (χ2v) is 6.84. The lowest BCUT2D eigenvalue weighted by Gasteiger charge is -2.30. The highest BCUT2D eigenvalue weighted by molar-refractivity contribution is 5.99. The van der Waals surface area contributed by atoms with Crippen molar-refractivity contribution in [2.45, 2.75) is 37.8 Å². The zero-order valence-electron chi connectivity index (χ0n) is 15.6. The number of carbonyl (C=O) groups is 3. The Bertz CT molecular complexity index is 880. The molecule has 7 heteroatoms. The van der Waals surface area contributed by atoms with Crippen LogP contribution in [-0.2, 0) is 10.3 Å². The number of nitrogens with one attached hydrogen (secondary N) is 3. The molecular weight excluding hydrogens is 358 g/mol. The second-order valence-electron chi connectivity index (χ2n) is 6.84. The molecule has 2 aromatic carbocycles. The molecule has 1 saturated carbocycles. The summed E-state index contributed by atoms with van der Waals surface area (Å²) in [5.41, 5.74) is -0.316. The molecule has 146 valence electrons. The minimum atomic E-state index is -1.54. The van der Waals surface area contributed by atoms with E-state index in [1.807, 2.05) is 0 Å². The minimum Gasteiger partial charge on any atom is -0.479 e. The molecule has 0 aromatic heterocycles. The van der Waals surface area contributed by atoms with Crippen LogP contribution in [0.15, 0.2) is 54.6 Å². The molecule has 0 spiro atoms. The van der Waals surface area contributed by atoms with Crippen LogP contribution in [0.4, 0.5) is 10.5 Å². The Morgan fingerprint density at radius 2 is 1.79 bits per heavy atom. The number of benzene rings is 2. The van der Waals surface area contributed by atoms with Gasteiger partial charge in [-0.25, -0.2) is 9.59 Å². The summed E-state index contributed by atoms with van der Waals surface area (Å²) in [5.74, 6) is -1.66. The Balaban J connectivity index is 1.79. The number of hydrogen-bond acceptors (Lipinski definition) is 3. The average Bonchev–Trinajstić information content (AvgIpc) is 3.50. The van der Waals surface area contributed by atoms with Gasteiger partial charge < -0.3 is 21.1 Å². The summed E-state index contributed by atoms with van der Waals surface area (Å²) in [5, 5.41) is 18.0. The predicted octanol–water partition coefficient (Wildman–Crippen LogP) is 3.09. The first-order valence-electron chi connectivity index (χ1n) is 9.23. The largest absolute Gasteiger partial charge is 0.479 e. The van der Waals surface area contributed by atoms with Gasteiger partial charge in [0.1, 0.15) is 0 Å². The first kappa shape index (κ1) is 19.4. The summed E-state index contributed by atoms with van der Waals surface area (Å²) >= 11 is 0. The van der Waals surface area contributed by atoms with Crippen LogP contribution in [0, 0.1) is 0 Å². The average molecular weight is 381 g/mol. The van der Waals surface area contributed by atoms with Crippen LogP contribution in [0.25, 0.3) is 0 Å². The van der Waals surface area contributed by atoms with Crippen molar-refractivity contribution in [2.24, 2.45) is 0 Å². The van der Waals surface area contributed by atoms with Gasteiger partial charge in [-0.1, -0.05) is 43.3 Å². The van der Waals surface area contributed by atoms with E-state index in [1.54, 1.807) is 55.5 Å². The highest BCUT2D eigenvalue weighted by atomic mass is 16.4. The van der Waals surface area contributed by atoms with Crippen LogP contribution >= 0.6 is 0 Å². The van der Waals surface area contributed by atoms with Crippen LogP contribution in [0.3, 0.4) is 0 Å². The fourth-order valence-electron chi connectivity index (χ4n) is 3.00.